The summed E-state index contributed by atoms with van der Waals surface area (Å²) in [6.07, 6.45) is 3.51. The zero-order valence-corrected chi connectivity index (χ0v) is 15.2. The maximum atomic E-state index is 6.94. The highest BCUT2D eigenvalue weighted by atomic mass is 14.8. The van der Waals surface area contributed by atoms with Crippen molar-refractivity contribution in [2.75, 3.05) is 0 Å². The Kier molecular flexibility index (Phi) is 3.56. The highest BCUT2D eigenvalue weighted by Gasteiger charge is 2.33. The fourth-order valence-electron chi connectivity index (χ4n) is 4.37. The van der Waals surface area contributed by atoms with Crippen molar-refractivity contribution in [2.24, 2.45) is 11.5 Å². The highest BCUT2D eigenvalue weighted by molar-refractivity contribution is 6.02. The van der Waals surface area contributed by atoms with Crippen LogP contribution in [0.5, 0.6) is 0 Å². The molecule has 0 amide bonds. The molecular formula is C25H22N2. The van der Waals surface area contributed by atoms with Crippen LogP contribution < -0.4 is 11.5 Å². The molecule has 2 nitrogen and oxygen atoms in total. The van der Waals surface area contributed by atoms with Crippen molar-refractivity contribution in [2.45, 2.75) is 18.4 Å². The molecule has 1 aliphatic carbocycles. The SMILES string of the molecule is NC1=Cc2ccccc2CC1(N)Cc1c2ccccc2cc2ccccc12. The van der Waals surface area contributed by atoms with Gasteiger partial charge in [-0.15, -0.1) is 0 Å². The average Bonchev–Trinajstić information content (AvgIpc) is 2.69. The van der Waals surface area contributed by atoms with Gasteiger partial charge in [0.15, 0.2) is 0 Å². The number of fused-ring (bicyclic) bond motifs is 3. The molecule has 0 saturated heterocycles. The molecule has 27 heavy (non-hydrogen) atoms. The molecule has 1 atom stereocenters. The Morgan fingerprint density at radius 3 is 2.07 bits per heavy atom. The van der Waals surface area contributed by atoms with Crippen LogP contribution in [0.3, 0.4) is 0 Å². The maximum Gasteiger partial charge on any atom is 0.0638 e. The van der Waals surface area contributed by atoms with Gasteiger partial charge in [-0.2, -0.15) is 0 Å². The Hall–Kier alpha value is -3.10. The lowest BCUT2D eigenvalue weighted by molar-refractivity contribution is 0.486. The predicted molar refractivity (Wildman–Crippen MR) is 114 cm³/mol. The maximum absolute atomic E-state index is 6.94. The number of nitrogens with two attached hydrogens (primary N) is 2. The van der Waals surface area contributed by atoms with Crippen molar-refractivity contribution < 1.29 is 0 Å². The fourth-order valence-corrected chi connectivity index (χ4v) is 4.37. The summed E-state index contributed by atoms with van der Waals surface area (Å²) in [5, 5.41) is 5.00. The standard InChI is InChI=1S/C25H22N2/c26-24-14-17-7-1-2-10-20(17)15-25(24,27)16-23-21-11-5-3-8-18(21)13-19-9-4-6-12-22(19)23/h1-14H,15-16,26-27H2. The number of benzene rings is 4. The Labute approximate surface area is 159 Å². The molecule has 2 heteroatoms. The van der Waals surface area contributed by atoms with E-state index < -0.39 is 5.54 Å². The monoisotopic (exact) mass is 350 g/mol. The zero-order valence-electron chi connectivity index (χ0n) is 15.2. The second-order valence-electron chi connectivity index (χ2n) is 7.61. The van der Waals surface area contributed by atoms with Crippen LogP contribution in [-0.4, -0.2) is 5.54 Å². The topological polar surface area (TPSA) is 52.0 Å². The van der Waals surface area contributed by atoms with Gasteiger partial charge in [0.1, 0.15) is 0 Å². The molecule has 4 N–H and O–H groups in total. The minimum atomic E-state index is -0.582. The van der Waals surface area contributed by atoms with Crippen LogP contribution in [0.15, 0.2) is 84.6 Å². The van der Waals surface area contributed by atoms with E-state index in [-0.39, 0.29) is 0 Å². The van der Waals surface area contributed by atoms with Crippen molar-refractivity contribution in [1.29, 1.82) is 0 Å². The number of rotatable bonds is 2. The highest BCUT2D eigenvalue weighted by Crippen LogP contribution is 2.35. The third-order valence-electron chi connectivity index (χ3n) is 5.82. The quantitative estimate of drug-likeness (QED) is 0.511. The smallest absolute Gasteiger partial charge is 0.0638 e. The summed E-state index contributed by atoms with van der Waals surface area (Å²) in [6, 6.07) is 27.7. The lowest BCUT2D eigenvalue weighted by Gasteiger charge is -2.35. The largest absolute Gasteiger partial charge is 0.400 e. The Balaban J connectivity index is 1.70. The Bertz CT molecular complexity index is 1150. The van der Waals surface area contributed by atoms with Gasteiger partial charge < -0.3 is 11.5 Å². The summed E-state index contributed by atoms with van der Waals surface area (Å²) in [4.78, 5) is 0. The van der Waals surface area contributed by atoms with E-state index in [1.165, 1.54) is 38.2 Å². The van der Waals surface area contributed by atoms with E-state index in [1.807, 2.05) is 12.1 Å². The molecule has 5 rings (SSSR count). The van der Waals surface area contributed by atoms with Gasteiger partial charge in [0.25, 0.3) is 0 Å². The fraction of sp³-hybridized carbons (Fsp3) is 0.120. The molecule has 0 saturated carbocycles. The molecule has 0 spiro atoms. The summed E-state index contributed by atoms with van der Waals surface area (Å²) in [7, 11) is 0. The molecule has 0 heterocycles. The molecule has 4 aromatic carbocycles. The molecule has 1 unspecified atom stereocenters. The van der Waals surface area contributed by atoms with E-state index in [0.29, 0.717) is 6.42 Å². The summed E-state index contributed by atoms with van der Waals surface area (Å²) in [5.74, 6) is 0. The first-order valence-electron chi connectivity index (χ1n) is 9.38. The number of hydrogen-bond acceptors (Lipinski definition) is 2. The van der Waals surface area contributed by atoms with Gasteiger partial charge in [-0.1, -0.05) is 72.8 Å². The summed E-state index contributed by atoms with van der Waals surface area (Å²) in [5.41, 5.74) is 17.3. The summed E-state index contributed by atoms with van der Waals surface area (Å²) in [6.45, 7) is 0. The molecule has 132 valence electrons. The van der Waals surface area contributed by atoms with Crippen molar-refractivity contribution in [3.8, 4) is 0 Å². The first-order valence-corrected chi connectivity index (χ1v) is 9.38. The molecule has 0 aliphatic heterocycles. The minimum absolute atomic E-state index is 0.582. The molecule has 0 fully saturated rings. The van der Waals surface area contributed by atoms with E-state index in [9.17, 15) is 0 Å². The first-order chi connectivity index (χ1) is 13.1. The van der Waals surface area contributed by atoms with Crippen LogP contribution in [0.25, 0.3) is 27.6 Å². The van der Waals surface area contributed by atoms with Crippen LogP contribution in [0.1, 0.15) is 16.7 Å². The van der Waals surface area contributed by atoms with Gasteiger partial charge in [-0.25, -0.2) is 0 Å². The van der Waals surface area contributed by atoms with Gasteiger partial charge in [-0.3, -0.25) is 0 Å². The van der Waals surface area contributed by atoms with Gasteiger partial charge in [0, 0.05) is 5.70 Å². The van der Waals surface area contributed by atoms with Crippen LogP contribution in [0, 0.1) is 0 Å². The first kappa shape index (κ1) is 16.1. The van der Waals surface area contributed by atoms with Crippen LogP contribution >= 0.6 is 0 Å². The molecule has 0 bridgehead atoms. The normalized spacial score (nSPS) is 19.1. The van der Waals surface area contributed by atoms with E-state index in [4.69, 9.17) is 11.5 Å². The van der Waals surface area contributed by atoms with Crippen molar-refractivity contribution in [3.05, 3.63) is 101 Å². The average molecular weight is 350 g/mol. The van der Waals surface area contributed by atoms with Crippen LogP contribution in [0.4, 0.5) is 0 Å². The van der Waals surface area contributed by atoms with Crippen LogP contribution in [-0.2, 0) is 12.8 Å². The van der Waals surface area contributed by atoms with Gasteiger partial charge in [0.05, 0.1) is 5.54 Å². The van der Waals surface area contributed by atoms with Crippen molar-refractivity contribution in [1.82, 2.24) is 0 Å². The van der Waals surface area contributed by atoms with Crippen LogP contribution in [0.2, 0.25) is 0 Å². The van der Waals surface area contributed by atoms with E-state index >= 15 is 0 Å². The summed E-state index contributed by atoms with van der Waals surface area (Å²) < 4.78 is 0. The lowest BCUT2D eigenvalue weighted by atomic mass is 9.76. The second kappa shape index (κ2) is 5.97. The number of hydrogen-bond donors (Lipinski definition) is 2. The van der Waals surface area contributed by atoms with Crippen molar-refractivity contribution >= 4 is 27.6 Å². The minimum Gasteiger partial charge on any atom is -0.400 e. The third-order valence-corrected chi connectivity index (χ3v) is 5.82. The third kappa shape index (κ3) is 2.61. The Morgan fingerprint density at radius 1 is 0.778 bits per heavy atom. The molecule has 0 aromatic heterocycles. The molecule has 1 aliphatic rings. The predicted octanol–water partition coefficient (Wildman–Crippen LogP) is 4.79. The van der Waals surface area contributed by atoms with E-state index in [2.05, 4.69) is 72.8 Å². The second-order valence-corrected chi connectivity index (χ2v) is 7.61. The van der Waals surface area contributed by atoms with Crippen molar-refractivity contribution in [3.63, 3.8) is 0 Å². The summed E-state index contributed by atoms with van der Waals surface area (Å²) >= 11 is 0. The van der Waals surface area contributed by atoms with E-state index in [0.717, 1.165) is 12.1 Å². The molecule has 0 radical (unpaired) electrons. The van der Waals surface area contributed by atoms with E-state index in [1.54, 1.807) is 0 Å². The Morgan fingerprint density at radius 2 is 1.37 bits per heavy atom. The van der Waals surface area contributed by atoms with Gasteiger partial charge >= 0.3 is 0 Å². The molecule has 4 aromatic rings. The molecular weight excluding hydrogens is 328 g/mol. The lowest BCUT2D eigenvalue weighted by Crippen LogP contribution is -2.50. The zero-order chi connectivity index (χ0) is 18.4. The van der Waals surface area contributed by atoms with Gasteiger partial charge in [-0.05, 0) is 63.2 Å². The van der Waals surface area contributed by atoms with Gasteiger partial charge in [0.2, 0.25) is 0 Å².